The second kappa shape index (κ2) is 8.74. The van der Waals surface area contributed by atoms with Crippen molar-refractivity contribution in [2.75, 3.05) is 0 Å². The summed E-state index contributed by atoms with van der Waals surface area (Å²) in [7, 11) is 2.04. The number of unbranched alkanes of at least 4 members (excludes halogenated alkanes) is 3. The molecule has 3 heterocycles. The van der Waals surface area contributed by atoms with E-state index in [1.165, 1.54) is 48.8 Å². The van der Waals surface area contributed by atoms with Crippen LogP contribution in [-0.2, 0) is 20.0 Å². The molecule has 0 fully saturated rings. The van der Waals surface area contributed by atoms with Gasteiger partial charge in [0.1, 0.15) is 13.6 Å². The fourth-order valence-corrected chi connectivity index (χ4v) is 3.61. The van der Waals surface area contributed by atoms with E-state index >= 15 is 0 Å². The standard InChI is InChI=1S/C21H26N2S/c1-22-13-7-20(8-14-22)21-9-15-23(16-10-21)12-5-3-2-4-6-19-11-17-24-18-19/h7-11,13-18H,2-6,12H2,1H3/q+2. The molecule has 0 spiro atoms. The minimum atomic E-state index is 1.11. The van der Waals surface area contributed by atoms with Gasteiger partial charge in [0.05, 0.1) is 0 Å². The first-order valence-electron chi connectivity index (χ1n) is 8.77. The molecule has 3 aromatic heterocycles. The minimum Gasteiger partial charge on any atom is -0.208 e. The molecular weight excluding hydrogens is 312 g/mol. The van der Waals surface area contributed by atoms with E-state index in [0.29, 0.717) is 0 Å². The highest BCUT2D eigenvalue weighted by Crippen LogP contribution is 2.15. The topological polar surface area (TPSA) is 7.76 Å². The molecule has 0 aliphatic carbocycles. The molecule has 0 amide bonds. The lowest BCUT2D eigenvalue weighted by Gasteiger charge is -2.01. The lowest BCUT2D eigenvalue weighted by molar-refractivity contribution is -0.697. The third kappa shape index (κ3) is 5.00. The molecule has 0 saturated heterocycles. The van der Waals surface area contributed by atoms with Gasteiger partial charge in [-0.1, -0.05) is 6.42 Å². The molecular formula is C21H26N2S+2. The summed E-state index contributed by atoms with van der Waals surface area (Å²) in [6.07, 6.45) is 15.0. The Morgan fingerprint density at radius 3 is 2.12 bits per heavy atom. The number of aryl methyl sites for hydroxylation is 3. The van der Waals surface area contributed by atoms with Crippen molar-refractivity contribution in [2.24, 2.45) is 7.05 Å². The van der Waals surface area contributed by atoms with Crippen LogP contribution in [0.15, 0.2) is 65.9 Å². The van der Waals surface area contributed by atoms with Crippen LogP contribution in [0.2, 0.25) is 0 Å². The average Bonchev–Trinajstić information content (AvgIpc) is 3.13. The molecule has 0 unspecified atom stereocenters. The predicted octanol–water partition coefficient (Wildman–Crippen LogP) is 4.33. The number of nitrogens with zero attached hydrogens (tertiary/aromatic N) is 2. The molecule has 3 rings (SSSR count). The SMILES string of the molecule is C[n+]1ccc(-c2cc[n+](CCCCCCc3ccsc3)cc2)cc1. The normalized spacial score (nSPS) is 10.9. The van der Waals surface area contributed by atoms with Gasteiger partial charge >= 0.3 is 0 Å². The summed E-state index contributed by atoms with van der Waals surface area (Å²) >= 11 is 1.80. The van der Waals surface area contributed by atoms with Gasteiger partial charge in [-0.2, -0.15) is 11.3 Å². The molecule has 0 aliphatic heterocycles. The molecule has 3 aromatic rings. The Hall–Kier alpha value is -2.00. The highest BCUT2D eigenvalue weighted by molar-refractivity contribution is 7.07. The molecule has 2 nitrogen and oxygen atoms in total. The smallest absolute Gasteiger partial charge is 0.169 e. The van der Waals surface area contributed by atoms with Gasteiger partial charge in [0, 0.05) is 30.7 Å². The first-order valence-corrected chi connectivity index (χ1v) is 9.71. The van der Waals surface area contributed by atoms with Gasteiger partial charge in [-0.3, -0.25) is 0 Å². The molecule has 3 heteroatoms. The van der Waals surface area contributed by atoms with Crippen molar-refractivity contribution >= 4 is 11.3 Å². The van der Waals surface area contributed by atoms with E-state index in [1.54, 1.807) is 11.3 Å². The van der Waals surface area contributed by atoms with Gasteiger partial charge < -0.3 is 0 Å². The lowest BCUT2D eigenvalue weighted by atomic mass is 10.1. The van der Waals surface area contributed by atoms with Crippen LogP contribution in [0.3, 0.4) is 0 Å². The van der Waals surface area contributed by atoms with Crippen LogP contribution in [0.25, 0.3) is 11.1 Å². The van der Waals surface area contributed by atoms with Gasteiger partial charge in [-0.25, -0.2) is 9.13 Å². The number of thiophene rings is 1. The Bertz CT molecular complexity index is 716. The van der Waals surface area contributed by atoms with E-state index in [2.05, 4.69) is 75.0 Å². The zero-order chi connectivity index (χ0) is 16.6. The second-order valence-corrected chi connectivity index (χ2v) is 7.15. The largest absolute Gasteiger partial charge is 0.208 e. The third-order valence-electron chi connectivity index (χ3n) is 4.41. The minimum absolute atomic E-state index is 1.11. The van der Waals surface area contributed by atoms with E-state index in [9.17, 15) is 0 Å². The Morgan fingerprint density at radius 1 is 0.792 bits per heavy atom. The quantitative estimate of drug-likeness (QED) is 0.427. The second-order valence-electron chi connectivity index (χ2n) is 6.37. The fourth-order valence-electron chi connectivity index (χ4n) is 2.90. The average molecular weight is 339 g/mol. The first-order chi connectivity index (χ1) is 11.8. The Labute approximate surface area is 149 Å². The van der Waals surface area contributed by atoms with Crippen LogP contribution in [-0.4, -0.2) is 0 Å². The lowest BCUT2D eigenvalue weighted by Crippen LogP contribution is -2.32. The van der Waals surface area contributed by atoms with Gasteiger partial charge in [0.2, 0.25) is 0 Å². The van der Waals surface area contributed by atoms with E-state index in [1.807, 2.05) is 7.05 Å². The van der Waals surface area contributed by atoms with Crippen LogP contribution >= 0.6 is 11.3 Å². The summed E-state index contributed by atoms with van der Waals surface area (Å²) in [5.74, 6) is 0. The molecule has 0 saturated carbocycles. The van der Waals surface area contributed by atoms with Crippen LogP contribution in [0.1, 0.15) is 31.2 Å². The van der Waals surface area contributed by atoms with Crippen LogP contribution < -0.4 is 9.13 Å². The number of hydrogen-bond donors (Lipinski definition) is 0. The molecule has 0 N–H and O–H groups in total. The van der Waals surface area contributed by atoms with Crippen molar-refractivity contribution in [1.29, 1.82) is 0 Å². The predicted molar refractivity (Wildman–Crippen MR) is 99.7 cm³/mol. The van der Waals surface area contributed by atoms with E-state index in [4.69, 9.17) is 0 Å². The van der Waals surface area contributed by atoms with Crippen molar-refractivity contribution in [2.45, 2.75) is 38.6 Å². The van der Waals surface area contributed by atoms with Crippen molar-refractivity contribution in [3.8, 4) is 11.1 Å². The van der Waals surface area contributed by atoms with Gasteiger partial charge in [0.15, 0.2) is 24.8 Å². The molecule has 124 valence electrons. The maximum absolute atomic E-state index is 2.30. The fraction of sp³-hybridized carbons (Fsp3) is 0.333. The summed E-state index contributed by atoms with van der Waals surface area (Å²) < 4.78 is 4.36. The van der Waals surface area contributed by atoms with Gasteiger partial charge in [-0.05, 0) is 52.8 Å². The number of aromatic nitrogens is 2. The van der Waals surface area contributed by atoms with Crippen molar-refractivity contribution in [3.63, 3.8) is 0 Å². The van der Waals surface area contributed by atoms with Crippen LogP contribution in [0, 0.1) is 0 Å². The molecule has 24 heavy (non-hydrogen) atoms. The highest BCUT2D eigenvalue weighted by atomic mass is 32.1. The van der Waals surface area contributed by atoms with Crippen molar-refractivity contribution in [1.82, 2.24) is 0 Å². The molecule has 0 radical (unpaired) electrons. The van der Waals surface area contributed by atoms with Crippen molar-refractivity contribution in [3.05, 3.63) is 71.4 Å². The van der Waals surface area contributed by atoms with Gasteiger partial charge in [-0.15, -0.1) is 0 Å². The van der Waals surface area contributed by atoms with Crippen LogP contribution in [0.5, 0.6) is 0 Å². The maximum atomic E-state index is 2.30. The summed E-state index contributed by atoms with van der Waals surface area (Å²) in [4.78, 5) is 0. The van der Waals surface area contributed by atoms with Crippen LogP contribution in [0.4, 0.5) is 0 Å². The monoisotopic (exact) mass is 338 g/mol. The summed E-state index contributed by atoms with van der Waals surface area (Å²) in [6.45, 7) is 1.11. The van der Waals surface area contributed by atoms with Gasteiger partial charge in [0.25, 0.3) is 0 Å². The molecule has 0 aliphatic rings. The Morgan fingerprint density at radius 2 is 1.46 bits per heavy atom. The summed E-state index contributed by atoms with van der Waals surface area (Å²) in [6, 6.07) is 11.0. The van der Waals surface area contributed by atoms with Crippen molar-refractivity contribution < 1.29 is 9.13 Å². The van der Waals surface area contributed by atoms with E-state index in [0.717, 1.165) is 6.54 Å². The summed E-state index contributed by atoms with van der Waals surface area (Å²) in [5, 5.41) is 4.44. The Kier molecular flexibility index (Phi) is 6.13. The van der Waals surface area contributed by atoms with E-state index in [-0.39, 0.29) is 0 Å². The zero-order valence-electron chi connectivity index (χ0n) is 14.4. The summed E-state index contributed by atoms with van der Waals surface area (Å²) in [5.41, 5.74) is 4.05. The number of hydrogen-bond acceptors (Lipinski definition) is 1. The first kappa shape index (κ1) is 16.8. The third-order valence-corrected chi connectivity index (χ3v) is 5.15. The maximum Gasteiger partial charge on any atom is 0.169 e. The number of rotatable bonds is 8. The molecule has 0 aromatic carbocycles. The molecule has 0 atom stereocenters. The molecule has 0 bridgehead atoms. The number of pyridine rings is 2. The Balaban J connectivity index is 1.39. The highest BCUT2D eigenvalue weighted by Gasteiger charge is 2.04. The van der Waals surface area contributed by atoms with E-state index < -0.39 is 0 Å². The zero-order valence-corrected chi connectivity index (χ0v) is 15.2.